The van der Waals surface area contributed by atoms with Crippen molar-refractivity contribution in [3.05, 3.63) is 71.0 Å². The van der Waals surface area contributed by atoms with E-state index in [4.69, 9.17) is 0 Å². The van der Waals surface area contributed by atoms with Crippen molar-refractivity contribution in [1.82, 2.24) is 10.9 Å². The Bertz CT molecular complexity index is 776. The molecule has 0 radical (unpaired) electrons. The van der Waals surface area contributed by atoms with Crippen molar-refractivity contribution < 1.29 is 18.9 Å². The number of hydrazine groups is 1. The van der Waals surface area contributed by atoms with Crippen LogP contribution in [0.3, 0.4) is 0 Å². The van der Waals surface area contributed by atoms with Gasteiger partial charge in [-0.2, -0.15) is 0 Å². The summed E-state index contributed by atoms with van der Waals surface area (Å²) in [6.45, 7) is 3.51. The molecule has 1 unspecified atom stereocenters. The van der Waals surface area contributed by atoms with E-state index in [9.17, 15) is 14.0 Å². The van der Waals surface area contributed by atoms with Gasteiger partial charge in [-0.25, -0.2) is 4.39 Å². The predicted octanol–water partition coefficient (Wildman–Crippen LogP) is 0.616. The van der Waals surface area contributed by atoms with Crippen LogP contribution in [0.25, 0.3) is 0 Å². The third-order valence-corrected chi connectivity index (χ3v) is 4.66. The van der Waals surface area contributed by atoms with E-state index in [1.54, 1.807) is 0 Å². The second kappa shape index (κ2) is 7.44. The Morgan fingerprint density at radius 2 is 1.72 bits per heavy atom. The highest BCUT2D eigenvalue weighted by Gasteiger charge is 2.29. The molecule has 0 fully saturated rings. The number of fused-ring (bicyclic) bond motifs is 1. The smallest absolute Gasteiger partial charge is 0.296 e. The summed E-state index contributed by atoms with van der Waals surface area (Å²) in [5, 5.41) is 0. The molecule has 2 amide bonds. The van der Waals surface area contributed by atoms with Crippen molar-refractivity contribution in [2.24, 2.45) is 0 Å². The normalized spacial score (nSPS) is 17.3. The van der Waals surface area contributed by atoms with Crippen molar-refractivity contribution in [3.8, 4) is 0 Å². The van der Waals surface area contributed by atoms with Crippen LogP contribution in [0.4, 0.5) is 4.39 Å². The molecule has 130 valence electrons. The van der Waals surface area contributed by atoms with Crippen LogP contribution in [0.5, 0.6) is 0 Å². The summed E-state index contributed by atoms with van der Waals surface area (Å²) < 4.78 is 12.9. The molecular weight excluding hydrogens is 321 g/mol. The van der Waals surface area contributed by atoms with Crippen molar-refractivity contribution in [1.29, 1.82) is 0 Å². The van der Waals surface area contributed by atoms with Gasteiger partial charge in [-0.15, -0.1) is 0 Å². The number of halogens is 1. The lowest BCUT2D eigenvalue weighted by atomic mass is 9.99. The first kappa shape index (κ1) is 17.1. The summed E-state index contributed by atoms with van der Waals surface area (Å²) in [6.07, 6.45) is 0.936. The minimum Gasteiger partial charge on any atom is -0.321 e. The molecule has 6 heteroatoms. The first-order valence-electron chi connectivity index (χ1n) is 8.31. The number of hydrogen-bond acceptors (Lipinski definition) is 2. The molecule has 0 saturated heterocycles. The summed E-state index contributed by atoms with van der Waals surface area (Å²) in [5.41, 5.74) is 7.73. The van der Waals surface area contributed by atoms with E-state index in [0.29, 0.717) is 0 Å². The van der Waals surface area contributed by atoms with Crippen molar-refractivity contribution >= 4 is 11.8 Å². The van der Waals surface area contributed by atoms with Gasteiger partial charge in [0.2, 0.25) is 0 Å². The third-order valence-electron chi connectivity index (χ3n) is 4.66. The average Bonchev–Trinajstić information content (AvgIpc) is 2.65. The number of carbonyl (C=O) groups excluding carboxylic acids is 2. The van der Waals surface area contributed by atoms with Crippen LogP contribution in [0, 0.1) is 5.82 Å². The maximum atomic E-state index is 12.9. The SMILES string of the molecule is C[C@H](C(=O)NNC(=O)c1ccc(F)cc1)[NH+]1CCc2ccccc2C1. The fourth-order valence-corrected chi connectivity index (χ4v) is 3.06. The molecule has 5 nitrogen and oxygen atoms in total. The van der Waals surface area contributed by atoms with Crippen molar-refractivity contribution in [2.45, 2.75) is 25.9 Å². The number of amides is 2. The number of hydrogen-bond donors (Lipinski definition) is 3. The Labute approximate surface area is 145 Å². The van der Waals surface area contributed by atoms with Gasteiger partial charge in [-0.3, -0.25) is 20.4 Å². The maximum absolute atomic E-state index is 12.9. The number of quaternary nitrogens is 1. The summed E-state index contributed by atoms with van der Waals surface area (Å²) >= 11 is 0. The van der Waals surface area contributed by atoms with E-state index >= 15 is 0 Å². The van der Waals surface area contributed by atoms with Gasteiger partial charge < -0.3 is 4.90 Å². The summed E-state index contributed by atoms with van der Waals surface area (Å²) in [6, 6.07) is 13.1. The Balaban J connectivity index is 1.54. The highest BCUT2D eigenvalue weighted by atomic mass is 19.1. The Hall–Kier alpha value is -2.73. The van der Waals surface area contributed by atoms with E-state index in [2.05, 4.69) is 23.0 Å². The minimum absolute atomic E-state index is 0.246. The summed E-state index contributed by atoms with van der Waals surface area (Å²) in [7, 11) is 0. The molecular formula is C19H21FN3O2+. The Morgan fingerprint density at radius 1 is 1.04 bits per heavy atom. The Kier molecular flexibility index (Phi) is 5.09. The van der Waals surface area contributed by atoms with Gasteiger partial charge in [0, 0.05) is 17.5 Å². The lowest BCUT2D eigenvalue weighted by Gasteiger charge is -2.29. The summed E-state index contributed by atoms with van der Waals surface area (Å²) in [4.78, 5) is 25.5. The molecule has 25 heavy (non-hydrogen) atoms. The zero-order valence-corrected chi connectivity index (χ0v) is 14.0. The molecule has 1 heterocycles. The first-order chi connectivity index (χ1) is 12.0. The molecule has 0 saturated carbocycles. The van der Waals surface area contributed by atoms with Crippen LogP contribution >= 0.6 is 0 Å². The fraction of sp³-hybridized carbons (Fsp3) is 0.263. The Morgan fingerprint density at radius 3 is 2.44 bits per heavy atom. The van der Waals surface area contributed by atoms with Gasteiger partial charge >= 0.3 is 0 Å². The molecule has 1 aliphatic heterocycles. The topological polar surface area (TPSA) is 62.6 Å². The van der Waals surface area contributed by atoms with E-state index in [1.165, 1.54) is 35.4 Å². The lowest BCUT2D eigenvalue weighted by Crippen LogP contribution is -3.16. The second-order valence-corrected chi connectivity index (χ2v) is 6.28. The highest BCUT2D eigenvalue weighted by molar-refractivity contribution is 5.95. The second-order valence-electron chi connectivity index (χ2n) is 6.28. The maximum Gasteiger partial charge on any atom is 0.296 e. The van der Waals surface area contributed by atoms with Crippen LogP contribution in [0.15, 0.2) is 48.5 Å². The van der Waals surface area contributed by atoms with Gasteiger partial charge in [0.05, 0.1) is 6.54 Å². The molecule has 1 aliphatic rings. The molecule has 0 bridgehead atoms. The predicted molar refractivity (Wildman–Crippen MR) is 91.2 cm³/mol. The van der Waals surface area contributed by atoms with Crippen LogP contribution < -0.4 is 15.8 Å². The van der Waals surface area contributed by atoms with Crippen LogP contribution in [0.2, 0.25) is 0 Å². The van der Waals surface area contributed by atoms with E-state index in [0.717, 1.165) is 24.4 Å². The number of nitrogens with one attached hydrogen (secondary N) is 3. The number of benzene rings is 2. The molecule has 0 aromatic heterocycles. The molecule has 2 aromatic carbocycles. The largest absolute Gasteiger partial charge is 0.321 e. The highest BCUT2D eigenvalue weighted by Crippen LogP contribution is 2.10. The van der Waals surface area contributed by atoms with Crippen LogP contribution in [-0.2, 0) is 17.8 Å². The summed E-state index contributed by atoms with van der Waals surface area (Å²) in [5.74, 6) is -1.13. The molecule has 2 atom stereocenters. The zero-order valence-electron chi connectivity index (χ0n) is 14.0. The third kappa shape index (κ3) is 4.03. The monoisotopic (exact) mass is 342 g/mol. The lowest BCUT2D eigenvalue weighted by molar-refractivity contribution is -0.929. The average molecular weight is 342 g/mol. The van der Waals surface area contributed by atoms with Crippen LogP contribution in [-0.4, -0.2) is 24.4 Å². The fourth-order valence-electron chi connectivity index (χ4n) is 3.06. The van der Waals surface area contributed by atoms with E-state index in [-0.39, 0.29) is 17.5 Å². The minimum atomic E-state index is -0.473. The van der Waals surface area contributed by atoms with Crippen molar-refractivity contribution in [3.63, 3.8) is 0 Å². The first-order valence-corrected chi connectivity index (χ1v) is 8.31. The van der Waals surface area contributed by atoms with E-state index in [1.807, 2.05) is 19.1 Å². The molecule has 0 aliphatic carbocycles. The quantitative estimate of drug-likeness (QED) is 0.716. The van der Waals surface area contributed by atoms with Gasteiger partial charge in [-0.05, 0) is 36.8 Å². The molecule has 0 spiro atoms. The van der Waals surface area contributed by atoms with Gasteiger partial charge in [0.25, 0.3) is 11.8 Å². The molecule has 2 aromatic rings. The zero-order chi connectivity index (χ0) is 17.8. The van der Waals surface area contributed by atoms with Gasteiger partial charge in [0.15, 0.2) is 6.04 Å². The van der Waals surface area contributed by atoms with Crippen molar-refractivity contribution in [2.75, 3.05) is 6.54 Å². The van der Waals surface area contributed by atoms with Gasteiger partial charge in [-0.1, -0.05) is 24.3 Å². The number of carbonyl (C=O) groups is 2. The van der Waals surface area contributed by atoms with E-state index < -0.39 is 11.7 Å². The standard InChI is InChI=1S/C19H20FN3O2/c1-13(23-11-10-14-4-2-3-5-16(14)12-23)18(24)21-22-19(25)15-6-8-17(20)9-7-15/h2-9,13H,10-12H2,1H3,(H,21,24)(H,22,25)/p+1/t13-/m1/s1. The van der Waals surface area contributed by atoms with Gasteiger partial charge in [0.1, 0.15) is 12.4 Å². The van der Waals surface area contributed by atoms with Crippen LogP contribution in [0.1, 0.15) is 28.4 Å². The number of rotatable bonds is 3. The molecule has 3 rings (SSSR count). The molecule has 3 N–H and O–H groups in total.